The zero-order valence-corrected chi connectivity index (χ0v) is 11.2. The molecule has 0 aromatic heterocycles. The number of rotatable bonds is 10. The summed E-state index contributed by atoms with van der Waals surface area (Å²) in [6, 6.07) is 0. The number of amides is 1. The van der Waals surface area contributed by atoms with Crippen LogP contribution in [-0.4, -0.2) is 30.7 Å². The minimum Gasteiger partial charge on any atom is -0.396 e. The number of aliphatic hydroxyl groups is 1. The average molecular weight is 244 g/mol. The lowest BCUT2D eigenvalue weighted by Crippen LogP contribution is -2.37. The van der Waals surface area contributed by atoms with E-state index in [-0.39, 0.29) is 18.4 Å². The lowest BCUT2D eigenvalue weighted by molar-refractivity contribution is -0.125. The quantitative estimate of drug-likeness (QED) is 0.542. The van der Waals surface area contributed by atoms with Gasteiger partial charge in [-0.25, -0.2) is 0 Å². The Morgan fingerprint density at radius 1 is 1.24 bits per heavy atom. The van der Waals surface area contributed by atoms with Crippen molar-refractivity contribution in [1.29, 1.82) is 0 Å². The van der Waals surface area contributed by atoms with Gasteiger partial charge in [-0.2, -0.15) is 0 Å². The second kappa shape index (κ2) is 10.5. The Morgan fingerprint density at radius 3 is 2.35 bits per heavy atom. The SMILES string of the molecule is CCCC(CCO)CNC(=O)C(CN)CCC. The molecule has 4 nitrogen and oxygen atoms in total. The molecule has 0 aliphatic heterocycles. The van der Waals surface area contributed by atoms with E-state index in [0.29, 0.717) is 19.0 Å². The first-order valence-electron chi connectivity index (χ1n) is 6.78. The number of nitrogens with two attached hydrogens (primary N) is 1. The maximum absolute atomic E-state index is 11.8. The van der Waals surface area contributed by atoms with E-state index in [1.165, 1.54) is 0 Å². The third-order valence-electron chi connectivity index (χ3n) is 3.09. The highest BCUT2D eigenvalue weighted by Crippen LogP contribution is 2.10. The molecule has 17 heavy (non-hydrogen) atoms. The molecule has 0 aromatic carbocycles. The summed E-state index contributed by atoms with van der Waals surface area (Å²) in [5.41, 5.74) is 5.58. The molecule has 2 unspecified atom stereocenters. The van der Waals surface area contributed by atoms with Crippen LogP contribution >= 0.6 is 0 Å². The summed E-state index contributed by atoms with van der Waals surface area (Å²) in [6.45, 7) is 5.44. The number of hydrogen-bond acceptors (Lipinski definition) is 3. The summed E-state index contributed by atoms with van der Waals surface area (Å²) in [6.07, 6.45) is 4.71. The van der Waals surface area contributed by atoms with Crippen molar-refractivity contribution in [2.45, 2.75) is 46.0 Å². The van der Waals surface area contributed by atoms with E-state index in [4.69, 9.17) is 10.8 Å². The van der Waals surface area contributed by atoms with E-state index in [1.807, 2.05) is 0 Å². The molecule has 2 atom stereocenters. The first-order chi connectivity index (χ1) is 8.19. The monoisotopic (exact) mass is 244 g/mol. The topological polar surface area (TPSA) is 75.3 Å². The summed E-state index contributed by atoms with van der Waals surface area (Å²) in [5.74, 6) is 0.388. The highest BCUT2D eigenvalue weighted by molar-refractivity contribution is 5.78. The number of nitrogens with one attached hydrogen (secondary N) is 1. The third-order valence-corrected chi connectivity index (χ3v) is 3.09. The van der Waals surface area contributed by atoms with Gasteiger partial charge in [0.25, 0.3) is 0 Å². The lowest BCUT2D eigenvalue weighted by Gasteiger charge is -2.18. The van der Waals surface area contributed by atoms with Gasteiger partial charge in [-0.3, -0.25) is 4.79 Å². The number of aliphatic hydroxyl groups excluding tert-OH is 1. The Balaban J connectivity index is 3.99. The van der Waals surface area contributed by atoms with Crippen LogP contribution in [0.4, 0.5) is 0 Å². The summed E-state index contributed by atoms with van der Waals surface area (Å²) in [4.78, 5) is 11.8. The van der Waals surface area contributed by atoms with Crippen LogP contribution in [0.15, 0.2) is 0 Å². The lowest BCUT2D eigenvalue weighted by atomic mass is 9.99. The van der Waals surface area contributed by atoms with Crippen molar-refractivity contribution in [3.63, 3.8) is 0 Å². The standard InChI is InChI=1S/C13H28N2O2/c1-3-5-11(7-8-16)10-15-13(17)12(9-14)6-4-2/h11-12,16H,3-10,14H2,1-2H3,(H,15,17). The zero-order valence-electron chi connectivity index (χ0n) is 11.2. The van der Waals surface area contributed by atoms with Crippen LogP contribution in [0.25, 0.3) is 0 Å². The number of carbonyl (C=O) groups excluding carboxylic acids is 1. The molecule has 0 saturated heterocycles. The molecule has 0 saturated carbocycles. The van der Waals surface area contributed by atoms with Gasteiger partial charge in [0, 0.05) is 19.7 Å². The smallest absolute Gasteiger partial charge is 0.224 e. The van der Waals surface area contributed by atoms with Crippen molar-refractivity contribution >= 4 is 5.91 Å². The van der Waals surface area contributed by atoms with Gasteiger partial charge in [0.2, 0.25) is 5.91 Å². The van der Waals surface area contributed by atoms with Crippen molar-refractivity contribution in [3.05, 3.63) is 0 Å². The minimum absolute atomic E-state index is 0.0589. The van der Waals surface area contributed by atoms with Gasteiger partial charge in [-0.1, -0.05) is 26.7 Å². The molecule has 0 aliphatic carbocycles. The first kappa shape index (κ1) is 16.4. The molecular formula is C13H28N2O2. The van der Waals surface area contributed by atoms with Crippen molar-refractivity contribution in [1.82, 2.24) is 5.32 Å². The summed E-state index contributed by atoms with van der Waals surface area (Å²) in [7, 11) is 0. The molecule has 1 amide bonds. The van der Waals surface area contributed by atoms with Crippen molar-refractivity contribution < 1.29 is 9.90 Å². The zero-order chi connectivity index (χ0) is 13.1. The van der Waals surface area contributed by atoms with Crippen LogP contribution in [0.1, 0.15) is 46.0 Å². The van der Waals surface area contributed by atoms with E-state index in [2.05, 4.69) is 19.2 Å². The molecule has 0 spiro atoms. The predicted molar refractivity (Wildman–Crippen MR) is 70.6 cm³/mol. The highest BCUT2D eigenvalue weighted by atomic mass is 16.3. The third kappa shape index (κ3) is 7.34. The fourth-order valence-electron chi connectivity index (χ4n) is 2.03. The number of carbonyl (C=O) groups is 1. The van der Waals surface area contributed by atoms with E-state index in [0.717, 1.165) is 32.1 Å². The molecule has 0 aromatic rings. The van der Waals surface area contributed by atoms with Crippen LogP contribution < -0.4 is 11.1 Å². The Hall–Kier alpha value is -0.610. The maximum atomic E-state index is 11.8. The largest absolute Gasteiger partial charge is 0.396 e. The van der Waals surface area contributed by atoms with E-state index < -0.39 is 0 Å². The summed E-state index contributed by atoms with van der Waals surface area (Å²) < 4.78 is 0. The number of hydrogen-bond donors (Lipinski definition) is 3. The normalized spacial score (nSPS) is 14.4. The van der Waals surface area contributed by atoms with Crippen molar-refractivity contribution in [3.8, 4) is 0 Å². The Labute approximate surface area is 105 Å². The van der Waals surface area contributed by atoms with E-state index >= 15 is 0 Å². The first-order valence-corrected chi connectivity index (χ1v) is 6.78. The van der Waals surface area contributed by atoms with Crippen molar-refractivity contribution in [2.24, 2.45) is 17.6 Å². The summed E-state index contributed by atoms with van der Waals surface area (Å²) >= 11 is 0. The van der Waals surface area contributed by atoms with Gasteiger partial charge in [-0.15, -0.1) is 0 Å². The fourth-order valence-corrected chi connectivity index (χ4v) is 2.03. The molecule has 0 bridgehead atoms. The van der Waals surface area contributed by atoms with Gasteiger partial charge < -0.3 is 16.2 Å². The minimum atomic E-state index is -0.0589. The van der Waals surface area contributed by atoms with Crippen LogP contribution in [-0.2, 0) is 4.79 Å². The molecule has 0 rings (SSSR count). The average Bonchev–Trinajstić information content (AvgIpc) is 2.33. The maximum Gasteiger partial charge on any atom is 0.224 e. The van der Waals surface area contributed by atoms with Gasteiger partial charge >= 0.3 is 0 Å². The van der Waals surface area contributed by atoms with Crippen molar-refractivity contribution in [2.75, 3.05) is 19.7 Å². The van der Waals surface area contributed by atoms with Crippen LogP contribution in [0.2, 0.25) is 0 Å². The molecule has 4 heteroatoms. The second-order valence-corrected chi connectivity index (χ2v) is 4.63. The molecule has 0 fully saturated rings. The van der Waals surface area contributed by atoms with Crippen LogP contribution in [0.3, 0.4) is 0 Å². The molecule has 0 radical (unpaired) electrons. The highest BCUT2D eigenvalue weighted by Gasteiger charge is 2.16. The van der Waals surface area contributed by atoms with Crippen LogP contribution in [0.5, 0.6) is 0 Å². The Morgan fingerprint density at radius 2 is 1.88 bits per heavy atom. The molecular weight excluding hydrogens is 216 g/mol. The Bertz CT molecular complexity index is 192. The predicted octanol–water partition coefficient (Wildman–Crippen LogP) is 1.28. The molecule has 4 N–H and O–H groups in total. The van der Waals surface area contributed by atoms with Gasteiger partial charge in [0.1, 0.15) is 0 Å². The Kier molecular flexibility index (Phi) is 10.2. The molecule has 0 heterocycles. The molecule has 102 valence electrons. The van der Waals surface area contributed by atoms with Gasteiger partial charge in [0.15, 0.2) is 0 Å². The summed E-state index contributed by atoms with van der Waals surface area (Å²) in [5, 5.41) is 11.9. The van der Waals surface area contributed by atoms with E-state index in [1.54, 1.807) is 0 Å². The second-order valence-electron chi connectivity index (χ2n) is 4.63. The fraction of sp³-hybridized carbons (Fsp3) is 0.923. The van der Waals surface area contributed by atoms with Gasteiger partial charge in [0.05, 0.1) is 5.92 Å². The van der Waals surface area contributed by atoms with E-state index in [9.17, 15) is 4.79 Å². The van der Waals surface area contributed by atoms with Crippen LogP contribution in [0, 0.1) is 11.8 Å². The molecule has 0 aliphatic rings. The van der Waals surface area contributed by atoms with Gasteiger partial charge in [-0.05, 0) is 25.2 Å².